The van der Waals surface area contributed by atoms with E-state index in [0.29, 0.717) is 29.9 Å². The first-order chi connectivity index (χ1) is 12.7. The number of aromatic nitrogens is 2. The number of hydrogen-bond donors (Lipinski definition) is 3. The summed E-state index contributed by atoms with van der Waals surface area (Å²) in [6, 6.07) is 8.32. The second kappa shape index (κ2) is 6.51. The van der Waals surface area contributed by atoms with Gasteiger partial charge in [-0.25, -0.2) is 4.39 Å². The number of ether oxygens (including phenoxy) is 1. The maximum absolute atomic E-state index is 14.1. The molecule has 0 spiro atoms. The highest BCUT2D eigenvalue weighted by Crippen LogP contribution is 2.39. The highest BCUT2D eigenvalue weighted by Gasteiger charge is 2.27. The Balaban J connectivity index is 1.88. The molecular formula is C19H17FN4O2. The fourth-order valence-electron chi connectivity index (χ4n) is 3.19. The van der Waals surface area contributed by atoms with Gasteiger partial charge in [-0.2, -0.15) is 0 Å². The SMILES string of the molecule is COc1c(F)cccc1Nc1c(-c2ccncc2)[nH]c2c1C(=O)NCC2. The summed E-state index contributed by atoms with van der Waals surface area (Å²) >= 11 is 0. The molecule has 0 saturated carbocycles. The van der Waals surface area contributed by atoms with Gasteiger partial charge in [-0.1, -0.05) is 6.07 Å². The van der Waals surface area contributed by atoms with E-state index in [1.54, 1.807) is 24.5 Å². The van der Waals surface area contributed by atoms with Gasteiger partial charge >= 0.3 is 0 Å². The third kappa shape index (κ3) is 2.67. The number of hydrogen-bond acceptors (Lipinski definition) is 4. The van der Waals surface area contributed by atoms with Gasteiger partial charge in [0.15, 0.2) is 11.6 Å². The van der Waals surface area contributed by atoms with Crippen LogP contribution in [0.25, 0.3) is 11.3 Å². The molecular weight excluding hydrogens is 335 g/mol. The number of benzene rings is 1. The molecule has 6 nitrogen and oxygen atoms in total. The summed E-state index contributed by atoms with van der Waals surface area (Å²) in [6.07, 6.45) is 4.06. The third-order valence-electron chi connectivity index (χ3n) is 4.37. The van der Waals surface area contributed by atoms with Crippen molar-refractivity contribution in [2.24, 2.45) is 0 Å². The number of halogens is 1. The molecule has 26 heavy (non-hydrogen) atoms. The Morgan fingerprint density at radius 1 is 1.23 bits per heavy atom. The first kappa shape index (κ1) is 16.1. The Morgan fingerprint density at radius 2 is 2.04 bits per heavy atom. The van der Waals surface area contributed by atoms with Gasteiger partial charge in [0.25, 0.3) is 5.91 Å². The van der Waals surface area contributed by atoms with Crippen molar-refractivity contribution in [2.45, 2.75) is 6.42 Å². The summed E-state index contributed by atoms with van der Waals surface area (Å²) in [6.45, 7) is 0.574. The lowest BCUT2D eigenvalue weighted by molar-refractivity contribution is 0.0947. The zero-order chi connectivity index (χ0) is 18.1. The predicted octanol–water partition coefficient (Wildman–Crippen LogP) is 3.25. The number of pyridine rings is 1. The standard InChI is InChI=1S/C19H17FN4O2/c1-26-18-12(20)3-2-4-14(18)24-17-15-13(7-10-22-19(15)25)23-16(17)11-5-8-21-9-6-11/h2-6,8-9,23-24H,7,10H2,1H3,(H,22,25). The van der Waals surface area contributed by atoms with Gasteiger partial charge < -0.3 is 20.4 Å². The van der Waals surface area contributed by atoms with Gasteiger partial charge in [0, 0.05) is 36.6 Å². The normalized spacial score (nSPS) is 13.1. The number of amides is 1. The van der Waals surface area contributed by atoms with Crippen molar-refractivity contribution in [2.75, 3.05) is 19.0 Å². The predicted molar refractivity (Wildman–Crippen MR) is 96.3 cm³/mol. The quantitative estimate of drug-likeness (QED) is 0.673. The van der Waals surface area contributed by atoms with Crippen LogP contribution in [-0.2, 0) is 6.42 Å². The first-order valence-corrected chi connectivity index (χ1v) is 8.22. The van der Waals surface area contributed by atoms with Gasteiger partial charge in [-0.05, 0) is 24.3 Å². The number of carbonyl (C=O) groups is 1. The molecule has 3 heterocycles. The molecule has 2 aromatic heterocycles. The molecule has 0 aliphatic carbocycles. The molecule has 0 saturated heterocycles. The highest BCUT2D eigenvalue weighted by molar-refractivity contribution is 6.06. The summed E-state index contributed by atoms with van der Waals surface area (Å²) in [7, 11) is 1.41. The summed E-state index contributed by atoms with van der Waals surface area (Å²) in [5.74, 6) is -0.545. The van der Waals surface area contributed by atoms with Gasteiger partial charge in [-0.3, -0.25) is 9.78 Å². The lowest BCUT2D eigenvalue weighted by Crippen LogP contribution is -2.31. The molecule has 7 heteroatoms. The monoisotopic (exact) mass is 352 g/mol. The smallest absolute Gasteiger partial charge is 0.255 e. The van der Waals surface area contributed by atoms with Crippen LogP contribution in [0.5, 0.6) is 5.75 Å². The molecule has 4 rings (SSSR count). The largest absolute Gasteiger partial charge is 0.492 e. The van der Waals surface area contributed by atoms with Crippen molar-refractivity contribution in [3.8, 4) is 17.0 Å². The summed E-state index contributed by atoms with van der Waals surface area (Å²) in [4.78, 5) is 19.8. The van der Waals surface area contributed by atoms with Crippen LogP contribution < -0.4 is 15.4 Å². The highest BCUT2D eigenvalue weighted by atomic mass is 19.1. The lowest BCUT2D eigenvalue weighted by Gasteiger charge is -2.16. The molecule has 0 unspecified atom stereocenters. The van der Waals surface area contributed by atoms with E-state index >= 15 is 0 Å². The molecule has 3 aromatic rings. The van der Waals surface area contributed by atoms with Crippen LogP contribution in [0.15, 0.2) is 42.7 Å². The molecule has 0 atom stereocenters. The third-order valence-corrected chi connectivity index (χ3v) is 4.37. The van der Waals surface area contributed by atoms with Crippen LogP contribution in [0.2, 0.25) is 0 Å². The zero-order valence-corrected chi connectivity index (χ0v) is 14.1. The molecule has 0 bridgehead atoms. The molecule has 0 radical (unpaired) electrons. The van der Waals surface area contributed by atoms with Crippen LogP contribution in [0.3, 0.4) is 0 Å². The van der Waals surface area contributed by atoms with Crippen LogP contribution >= 0.6 is 0 Å². The molecule has 1 aliphatic heterocycles. The first-order valence-electron chi connectivity index (χ1n) is 8.22. The second-order valence-corrected chi connectivity index (χ2v) is 5.92. The van der Waals surface area contributed by atoms with Gasteiger partial charge in [0.1, 0.15) is 0 Å². The molecule has 0 fully saturated rings. The molecule has 3 N–H and O–H groups in total. The number of rotatable bonds is 4. The van der Waals surface area contributed by atoms with E-state index in [1.165, 1.54) is 13.2 Å². The Hall–Kier alpha value is -3.35. The van der Waals surface area contributed by atoms with Crippen molar-refractivity contribution >= 4 is 17.3 Å². The van der Waals surface area contributed by atoms with Crippen LogP contribution in [-0.4, -0.2) is 29.5 Å². The average Bonchev–Trinajstić information content (AvgIpc) is 3.02. The number of H-pyrrole nitrogens is 1. The van der Waals surface area contributed by atoms with Crippen molar-refractivity contribution in [1.82, 2.24) is 15.3 Å². The van der Waals surface area contributed by atoms with E-state index in [0.717, 1.165) is 17.0 Å². The van der Waals surface area contributed by atoms with Crippen LogP contribution in [0.1, 0.15) is 16.1 Å². The Bertz CT molecular complexity index is 969. The topological polar surface area (TPSA) is 79.0 Å². The van der Waals surface area contributed by atoms with Crippen LogP contribution in [0.4, 0.5) is 15.8 Å². The molecule has 1 aromatic carbocycles. The zero-order valence-electron chi connectivity index (χ0n) is 14.1. The van der Waals surface area contributed by atoms with Crippen molar-refractivity contribution < 1.29 is 13.9 Å². The second-order valence-electron chi connectivity index (χ2n) is 5.92. The average molecular weight is 352 g/mol. The van der Waals surface area contributed by atoms with Crippen molar-refractivity contribution in [3.05, 3.63) is 59.8 Å². The maximum Gasteiger partial charge on any atom is 0.255 e. The van der Waals surface area contributed by atoms with Crippen LogP contribution in [0, 0.1) is 5.82 Å². The molecule has 1 amide bonds. The number of aromatic amines is 1. The van der Waals surface area contributed by atoms with Gasteiger partial charge in [0.05, 0.1) is 29.7 Å². The minimum atomic E-state index is -0.475. The lowest BCUT2D eigenvalue weighted by atomic mass is 10.1. The van der Waals surface area contributed by atoms with Gasteiger partial charge in [-0.15, -0.1) is 0 Å². The number of nitrogens with one attached hydrogen (secondary N) is 3. The number of methoxy groups -OCH3 is 1. The minimum absolute atomic E-state index is 0.0966. The van der Waals surface area contributed by atoms with Crippen molar-refractivity contribution in [3.63, 3.8) is 0 Å². The maximum atomic E-state index is 14.1. The number of para-hydroxylation sites is 1. The number of carbonyl (C=O) groups excluding carboxylic acids is 1. The minimum Gasteiger partial charge on any atom is -0.492 e. The summed E-state index contributed by atoms with van der Waals surface area (Å²) in [5, 5.41) is 6.04. The number of fused-ring (bicyclic) bond motifs is 1. The van der Waals surface area contributed by atoms with E-state index in [1.807, 2.05) is 12.1 Å². The Morgan fingerprint density at radius 3 is 2.81 bits per heavy atom. The van der Waals surface area contributed by atoms with Gasteiger partial charge in [0.2, 0.25) is 0 Å². The Kier molecular flexibility index (Phi) is 4.04. The fourth-order valence-corrected chi connectivity index (χ4v) is 3.19. The van der Waals surface area contributed by atoms with E-state index in [2.05, 4.69) is 20.6 Å². The fraction of sp³-hybridized carbons (Fsp3) is 0.158. The summed E-state index contributed by atoms with van der Waals surface area (Å²) < 4.78 is 19.2. The number of nitrogens with zero attached hydrogens (tertiary/aromatic N) is 1. The van der Waals surface area contributed by atoms with Crippen molar-refractivity contribution in [1.29, 1.82) is 0 Å². The number of anilines is 2. The Labute approximate surface area is 149 Å². The molecule has 132 valence electrons. The van der Waals surface area contributed by atoms with E-state index in [4.69, 9.17) is 4.74 Å². The molecule has 1 aliphatic rings. The summed E-state index contributed by atoms with van der Waals surface area (Å²) in [5.41, 5.74) is 4.05. The van der Waals surface area contributed by atoms with E-state index in [-0.39, 0.29) is 11.7 Å². The van der Waals surface area contributed by atoms with E-state index in [9.17, 15) is 9.18 Å². The van der Waals surface area contributed by atoms with E-state index < -0.39 is 5.82 Å².